The Balaban J connectivity index is 1.37. The lowest BCUT2D eigenvalue weighted by atomic mass is 10.1. The molecule has 174 valence electrons. The number of carbonyl (C=O) groups is 2. The summed E-state index contributed by atoms with van der Waals surface area (Å²) >= 11 is 0. The smallest absolute Gasteiger partial charge is 0.270 e. The van der Waals surface area contributed by atoms with Crippen LogP contribution in [0.25, 0.3) is 11.1 Å². The van der Waals surface area contributed by atoms with Crippen LogP contribution in [-0.4, -0.2) is 51.9 Å². The van der Waals surface area contributed by atoms with Gasteiger partial charge in [0, 0.05) is 31.1 Å². The largest absolute Gasteiger partial charge is 0.448 e. The average molecular weight is 460 g/mol. The Kier molecular flexibility index (Phi) is 5.69. The second-order valence-corrected chi connectivity index (χ2v) is 8.86. The van der Waals surface area contributed by atoms with Gasteiger partial charge in [-0.3, -0.25) is 9.59 Å². The number of amides is 2. The van der Waals surface area contributed by atoms with Crippen molar-refractivity contribution in [2.45, 2.75) is 26.4 Å². The second-order valence-electron chi connectivity index (χ2n) is 8.86. The number of aromatic nitrogens is 1. The van der Waals surface area contributed by atoms with Gasteiger partial charge in [0.05, 0.1) is 18.4 Å². The summed E-state index contributed by atoms with van der Waals surface area (Å²) in [6, 6.07) is 17.7. The van der Waals surface area contributed by atoms with Crippen molar-refractivity contribution in [2.75, 3.05) is 19.6 Å². The molecular weight excluding hydrogens is 433 g/mol. The number of piperazine rings is 1. The third-order valence-corrected chi connectivity index (χ3v) is 6.46. The predicted molar refractivity (Wildman–Crippen MR) is 127 cm³/mol. The van der Waals surface area contributed by atoms with Gasteiger partial charge in [-0.1, -0.05) is 42.0 Å². The number of nitrogens with zero attached hydrogens (tertiary/aromatic N) is 3. The molecule has 1 fully saturated rings. The van der Waals surface area contributed by atoms with E-state index in [9.17, 15) is 14.0 Å². The van der Waals surface area contributed by atoms with E-state index >= 15 is 0 Å². The summed E-state index contributed by atoms with van der Waals surface area (Å²) < 4.78 is 21.7. The van der Waals surface area contributed by atoms with Crippen molar-refractivity contribution >= 4 is 22.9 Å². The summed E-state index contributed by atoms with van der Waals surface area (Å²) in [5, 5.41) is 0.872. The van der Waals surface area contributed by atoms with Gasteiger partial charge in [0.2, 0.25) is 5.71 Å². The van der Waals surface area contributed by atoms with Gasteiger partial charge in [-0.25, -0.2) is 4.39 Å². The molecule has 1 saturated heterocycles. The van der Waals surface area contributed by atoms with E-state index in [1.54, 1.807) is 28.2 Å². The first-order chi connectivity index (χ1) is 16.4. The number of hydrogen-bond acceptors (Lipinski definition) is 3. The van der Waals surface area contributed by atoms with Crippen LogP contribution in [0.5, 0.6) is 0 Å². The Hall–Kier alpha value is -3.87. The summed E-state index contributed by atoms with van der Waals surface area (Å²) in [5.41, 5.74) is 3.51. The number of carbonyl (C=O) groups excluding carboxylic acids is 2. The Morgan fingerprint density at radius 1 is 1.03 bits per heavy atom. The number of fused-ring (bicyclic) bond motifs is 1. The normalized spacial score (nSPS) is 16.3. The molecule has 0 bridgehead atoms. The highest BCUT2D eigenvalue weighted by Crippen LogP contribution is 2.25. The van der Waals surface area contributed by atoms with E-state index in [1.165, 1.54) is 17.7 Å². The van der Waals surface area contributed by atoms with Crippen molar-refractivity contribution in [3.8, 4) is 0 Å². The second kappa shape index (κ2) is 8.82. The molecule has 34 heavy (non-hydrogen) atoms. The minimum Gasteiger partial charge on any atom is -0.448 e. The van der Waals surface area contributed by atoms with Crippen molar-refractivity contribution in [3.05, 3.63) is 95.1 Å². The number of aryl methyl sites for hydroxylation is 1. The molecule has 1 aliphatic rings. The number of benzene rings is 2. The summed E-state index contributed by atoms with van der Waals surface area (Å²) in [4.78, 5) is 29.9. The first-order valence-corrected chi connectivity index (χ1v) is 11.4. The molecule has 3 heterocycles. The molecule has 5 rings (SSSR count). The van der Waals surface area contributed by atoms with E-state index < -0.39 is 5.82 Å². The fourth-order valence-corrected chi connectivity index (χ4v) is 4.58. The summed E-state index contributed by atoms with van der Waals surface area (Å²) in [5.74, 6) is -0.990. The molecule has 2 aromatic heterocycles. The molecule has 4 aromatic rings. The zero-order valence-corrected chi connectivity index (χ0v) is 19.2. The van der Waals surface area contributed by atoms with E-state index in [2.05, 4.69) is 0 Å². The molecule has 0 unspecified atom stereocenters. The van der Waals surface area contributed by atoms with Crippen molar-refractivity contribution in [3.63, 3.8) is 0 Å². The zero-order valence-electron chi connectivity index (χ0n) is 19.2. The Labute approximate surface area is 197 Å². The van der Waals surface area contributed by atoms with Gasteiger partial charge in [-0.15, -0.1) is 0 Å². The quantitative estimate of drug-likeness (QED) is 0.444. The highest BCUT2D eigenvalue weighted by molar-refractivity contribution is 5.98. The maximum atomic E-state index is 14.1. The fraction of sp³-hybridized carbons (Fsp3) is 0.259. The Morgan fingerprint density at radius 3 is 2.53 bits per heavy atom. The van der Waals surface area contributed by atoms with Crippen LogP contribution in [0, 0.1) is 12.7 Å². The minimum absolute atomic E-state index is 0.0569. The molecule has 0 radical (unpaired) electrons. The zero-order chi connectivity index (χ0) is 23.8. The first kappa shape index (κ1) is 21.9. The molecule has 0 saturated carbocycles. The molecule has 0 N–H and O–H groups in total. The topological polar surface area (TPSA) is 58.7 Å². The van der Waals surface area contributed by atoms with Crippen LogP contribution in [0.3, 0.4) is 0 Å². The summed E-state index contributed by atoms with van der Waals surface area (Å²) in [7, 11) is 0. The number of hydrogen-bond donors (Lipinski definition) is 0. The van der Waals surface area contributed by atoms with Gasteiger partial charge in [0.1, 0.15) is 11.5 Å². The molecular formula is C27H26FN3O3. The van der Waals surface area contributed by atoms with Crippen molar-refractivity contribution < 1.29 is 18.4 Å². The van der Waals surface area contributed by atoms with E-state index in [-0.39, 0.29) is 23.4 Å². The van der Waals surface area contributed by atoms with Crippen molar-refractivity contribution in [2.24, 2.45) is 0 Å². The van der Waals surface area contributed by atoms with Crippen LogP contribution in [0.4, 0.5) is 4.39 Å². The maximum Gasteiger partial charge on any atom is 0.270 e. The molecule has 7 heteroatoms. The van der Waals surface area contributed by atoms with E-state index in [0.29, 0.717) is 37.6 Å². The van der Waals surface area contributed by atoms with Crippen LogP contribution in [-0.2, 0) is 6.54 Å². The van der Waals surface area contributed by atoms with Gasteiger partial charge in [-0.2, -0.15) is 0 Å². The van der Waals surface area contributed by atoms with E-state index in [1.807, 2.05) is 54.8 Å². The van der Waals surface area contributed by atoms with Crippen LogP contribution in [0.15, 0.2) is 71.3 Å². The van der Waals surface area contributed by atoms with Crippen LogP contribution in [0.1, 0.15) is 38.9 Å². The monoisotopic (exact) mass is 459 g/mol. The lowest BCUT2D eigenvalue weighted by Crippen LogP contribution is -2.55. The highest BCUT2D eigenvalue weighted by Gasteiger charge is 2.33. The SMILES string of the molecule is Cc1ccc(Cn2c(C(=O)N3CCN(C(=O)c4ccccc4F)[C@H](C)C3)cc3ccoc32)cc1. The van der Waals surface area contributed by atoms with Gasteiger partial charge in [0.25, 0.3) is 11.8 Å². The van der Waals surface area contributed by atoms with E-state index in [0.717, 1.165) is 10.9 Å². The summed E-state index contributed by atoms with van der Waals surface area (Å²) in [6.07, 6.45) is 1.62. The molecule has 1 aliphatic heterocycles. The Bertz CT molecular complexity index is 1360. The summed E-state index contributed by atoms with van der Waals surface area (Å²) in [6.45, 7) is 5.53. The van der Waals surface area contributed by atoms with Gasteiger partial charge in [-0.05, 0) is 43.7 Å². The number of halogens is 1. The molecule has 1 atom stereocenters. The molecule has 2 amide bonds. The van der Waals surface area contributed by atoms with Crippen LogP contribution < -0.4 is 0 Å². The van der Waals surface area contributed by atoms with E-state index in [4.69, 9.17) is 4.42 Å². The van der Waals surface area contributed by atoms with Gasteiger partial charge in [0.15, 0.2) is 0 Å². The van der Waals surface area contributed by atoms with Gasteiger partial charge < -0.3 is 18.8 Å². The Morgan fingerprint density at radius 2 is 1.79 bits per heavy atom. The fourth-order valence-electron chi connectivity index (χ4n) is 4.58. The molecule has 6 nitrogen and oxygen atoms in total. The highest BCUT2D eigenvalue weighted by atomic mass is 19.1. The number of rotatable bonds is 4. The third-order valence-electron chi connectivity index (χ3n) is 6.46. The van der Waals surface area contributed by atoms with Crippen molar-refractivity contribution in [1.29, 1.82) is 0 Å². The van der Waals surface area contributed by atoms with Crippen LogP contribution >= 0.6 is 0 Å². The first-order valence-electron chi connectivity index (χ1n) is 11.4. The average Bonchev–Trinajstić information content (AvgIpc) is 3.42. The standard InChI is InChI=1S/C27H26FN3O3/c1-18-7-9-20(10-8-18)17-31-24(15-21-11-14-34-27(21)31)26(33)29-12-13-30(19(2)16-29)25(32)22-5-3-4-6-23(22)28/h3-11,14-15,19H,12-13,16-17H2,1-2H3/t19-/m1/s1. The lowest BCUT2D eigenvalue weighted by Gasteiger charge is -2.40. The minimum atomic E-state index is -0.533. The molecule has 2 aromatic carbocycles. The maximum absolute atomic E-state index is 14.1. The predicted octanol–water partition coefficient (Wildman–Crippen LogP) is 4.72. The number of furan rings is 1. The molecule has 0 aliphatic carbocycles. The molecule has 0 spiro atoms. The van der Waals surface area contributed by atoms with Gasteiger partial charge >= 0.3 is 0 Å². The lowest BCUT2D eigenvalue weighted by molar-refractivity contribution is 0.0406. The third kappa shape index (κ3) is 3.98. The van der Waals surface area contributed by atoms with Crippen molar-refractivity contribution in [1.82, 2.24) is 14.4 Å². The van der Waals surface area contributed by atoms with Crippen LogP contribution in [0.2, 0.25) is 0 Å².